The van der Waals surface area contributed by atoms with Gasteiger partial charge in [-0.25, -0.2) is 0 Å². The van der Waals surface area contributed by atoms with E-state index in [2.05, 4.69) is 81.5 Å². The highest BCUT2D eigenvalue weighted by molar-refractivity contribution is 5.71. The molecule has 6 heteroatoms. The van der Waals surface area contributed by atoms with Crippen LogP contribution in [0.1, 0.15) is 290 Å². The second-order valence-corrected chi connectivity index (χ2v) is 19.2. The zero-order chi connectivity index (χ0) is 48.6. The SMILES string of the molecule is CCCCC/C=C/C/C=C/C/C=C/CCCCCCC(=O)OC[C@@H](COC(=O)CCCCCCCCC/C=C/CCCCCC)OC(=O)CCCCCCCCC/C=C/CCCCCCCC. The van der Waals surface area contributed by atoms with Gasteiger partial charge in [0, 0.05) is 19.3 Å². The van der Waals surface area contributed by atoms with Gasteiger partial charge in [0.15, 0.2) is 6.10 Å². The van der Waals surface area contributed by atoms with E-state index in [-0.39, 0.29) is 31.1 Å². The molecule has 0 aromatic rings. The molecule has 6 nitrogen and oxygen atoms in total. The first-order valence-corrected chi connectivity index (χ1v) is 28.8. The summed E-state index contributed by atoms with van der Waals surface area (Å²) in [5, 5.41) is 0. The minimum absolute atomic E-state index is 0.0846. The van der Waals surface area contributed by atoms with E-state index >= 15 is 0 Å². The fraction of sp³-hybridized carbons (Fsp3) is 0.787. The zero-order valence-corrected chi connectivity index (χ0v) is 44.4. The normalized spacial score (nSPS) is 12.5. The molecular weight excluding hydrogens is 829 g/mol. The Labute approximate surface area is 415 Å². The highest BCUT2D eigenvalue weighted by Gasteiger charge is 2.19. The van der Waals surface area contributed by atoms with Gasteiger partial charge in [0.25, 0.3) is 0 Å². The van der Waals surface area contributed by atoms with Crippen LogP contribution in [0.3, 0.4) is 0 Å². The lowest BCUT2D eigenvalue weighted by atomic mass is 10.1. The summed E-state index contributed by atoms with van der Waals surface area (Å²) in [5.74, 6) is -0.905. The average Bonchev–Trinajstić information content (AvgIpc) is 3.33. The van der Waals surface area contributed by atoms with Gasteiger partial charge in [0.2, 0.25) is 0 Å². The predicted octanol–water partition coefficient (Wildman–Crippen LogP) is 19.2. The molecule has 0 radical (unpaired) electrons. The van der Waals surface area contributed by atoms with Crippen molar-refractivity contribution < 1.29 is 28.6 Å². The Morgan fingerprint density at radius 1 is 0.299 bits per heavy atom. The molecule has 67 heavy (non-hydrogen) atoms. The first kappa shape index (κ1) is 64.1. The van der Waals surface area contributed by atoms with Crippen LogP contribution in [-0.4, -0.2) is 37.2 Å². The van der Waals surface area contributed by atoms with Crippen molar-refractivity contribution in [1.29, 1.82) is 0 Å². The van der Waals surface area contributed by atoms with Gasteiger partial charge in [0.05, 0.1) is 0 Å². The van der Waals surface area contributed by atoms with E-state index in [0.717, 1.165) is 83.5 Å². The summed E-state index contributed by atoms with van der Waals surface area (Å²) < 4.78 is 16.9. The van der Waals surface area contributed by atoms with E-state index in [4.69, 9.17) is 14.2 Å². The van der Waals surface area contributed by atoms with Gasteiger partial charge in [-0.2, -0.15) is 0 Å². The van der Waals surface area contributed by atoms with E-state index < -0.39 is 6.10 Å². The van der Waals surface area contributed by atoms with Crippen LogP contribution in [0.25, 0.3) is 0 Å². The van der Waals surface area contributed by atoms with Crippen molar-refractivity contribution in [3.63, 3.8) is 0 Å². The molecule has 0 fully saturated rings. The highest BCUT2D eigenvalue weighted by atomic mass is 16.6. The summed E-state index contributed by atoms with van der Waals surface area (Å²) in [6.45, 7) is 6.59. The Kier molecular flexibility index (Phi) is 53.3. The van der Waals surface area contributed by atoms with E-state index in [9.17, 15) is 14.4 Å². The quantitative estimate of drug-likeness (QED) is 0.0262. The number of hydrogen-bond donors (Lipinski definition) is 0. The number of allylic oxidation sites excluding steroid dienone is 10. The molecule has 0 aromatic carbocycles. The van der Waals surface area contributed by atoms with Crippen LogP contribution in [0.4, 0.5) is 0 Å². The second kappa shape index (κ2) is 55.7. The molecule has 0 heterocycles. The highest BCUT2D eigenvalue weighted by Crippen LogP contribution is 2.15. The van der Waals surface area contributed by atoms with Crippen LogP contribution in [0.15, 0.2) is 60.8 Å². The summed E-state index contributed by atoms with van der Waals surface area (Å²) in [7, 11) is 0. The molecule has 0 N–H and O–H groups in total. The molecule has 0 unspecified atom stereocenters. The molecule has 0 saturated heterocycles. The van der Waals surface area contributed by atoms with Gasteiger partial charge in [0.1, 0.15) is 13.2 Å². The van der Waals surface area contributed by atoms with Crippen LogP contribution < -0.4 is 0 Å². The lowest BCUT2D eigenvalue weighted by Crippen LogP contribution is -2.30. The summed E-state index contributed by atoms with van der Waals surface area (Å²) in [6, 6.07) is 0. The number of ether oxygens (including phenoxy) is 3. The lowest BCUT2D eigenvalue weighted by Gasteiger charge is -2.18. The maximum absolute atomic E-state index is 12.9. The number of rotatable bonds is 52. The molecular formula is C61H108O6. The molecule has 388 valence electrons. The smallest absolute Gasteiger partial charge is 0.306 e. The summed E-state index contributed by atoms with van der Waals surface area (Å²) in [4.78, 5) is 38.1. The summed E-state index contributed by atoms with van der Waals surface area (Å²) in [5.41, 5.74) is 0. The summed E-state index contributed by atoms with van der Waals surface area (Å²) in [6.07, 6.45) is 69.1. The summed E-state index contributed by atoms with van der Waals surface area (Å²) >= 11 is 0. The third kappa shape index (κ3) is 53.9. The minimum atomic E-state index is -0.787. The Morgan fingerprint density at radius 3 is 0.896 bits per heavy atom. The van der Waals surface area contributed by atoms with E-state index in [0.29, 0.717) is 19.3 Å². The van der Waals surface area contributed by atoms with Crippen LogP contribution in [0.2, 0.25) is 0 Å². The Morgan fingerprint density at radius 2 is 0.537 bits per heavy atom. The monoisotopic (exact) mass is 937 g/mol. The lowest BCUT2D eigenvalue weighted by molar-refractivity contribution is -0.167. The van der Waals surface area contributed by atoms with Crippen LogP contribution in [0.5, 0.6) is 0 Å². The molecule has 0 aliphatic carbocycles. The van der Waals surface area contributed by atoms with Crippen LogP contribution in [-0.2, 0) is 28.6 Å². The number of esters is 3. The van der Waals surface area contributed by atoms with Gasteiger partial charge >= 0.3 is 17.9 Å². The number of hydrogen-bond acceptors (Lipinski definition) is 6. The maximum atomic E-state index is 12.9. The van der Waals surface area contributed by atoms with Crippen molar-refractivity contribution >= 4 is 17.9 Å². The van der Waals surface area contributed by atoms with Gasteiger partial charge in [-0.1, -0.05) is 223 Å². The minimum Gasteiger partial charge on any atom is -0.462 e. The Bertz CT molecular complexity index is 1210. The Balaban J connectivity index is 4.42. The first-order valence-electron chi connectivity index (χ1n) is 28.8. The third-order valence-electron chi connectivity index (χ3n) is 12.5. The van der Waals surface area contributed by atoms with Crippen LogP contribution in [0, 0.1) is 0 Å². The molecule has 0 aliphatic heterocycles. The molecule has 1 atom stereocenters. The molecule has 0 bridgehead atoms. The molecule has 0 amide bonds. The van der Waals surface area contributed by atoms with Crippen molar-refractivity contribution in [2.24, 2.45) is 0 Å². The van der Waals surface area contributed by atoms with E-state index in [1.165, 1.54) is 167 Å². The van der Waals surface area contributed by atoms with Crippen molar-refractivity contribution in [3.05, 3.63) is 60.8 Å². The largest absolute Gasteiger partial charge is 0.462 e. The standard InChI is InChI=1S/C61H108O6/c1-4-7-10-13-16-19-22-25-28-30-33-36-39-42-45-48-51-54-60(63)66-57-58(56-65-59(62)53-50-47-44-41-38-35-32-27-24-21-18-15-12-9-6-3)67-61(64)55-52-49-46-43-40-37-34-31-29-26-23-20-17-14-11-8-5-2/h16,19,21,24-26,28-29,33,36,58H,4-15,17-18,20,22-23,27,30-32,34-35,37-57H2,1-3H3/b19-16+,24-21+,28-25+,29-26+,36-33+/t58-/m1/s1. The molecule has 0 aromatic heterocycles. The predicted molar refractivity (Wildman–Crippen MR) is 288 cm³/mol. The van der Waals surface area contributed by atoms with E-state index in [1.54, 1.807) is 0 Å². The van der Waals surface area contributed by atoms with Gasteiger partial charge < -0.3 is 14.2 Å². The van der Waals surface area contributed by atoms with Gasteiger partial charge in [-0.3, -0.25) is 14.4 Å². The topological polar surface area (TPSA) is 78.9 Å². The maximum Gasteiger partial charge on any atom is 0.306 e. The number of carbonyl (C=O) groups excluding carboxylic acids is 3. The van der Waals surface area contributed by atoms with Crippen molar-refractivity contribution in [3.8, 4) is 0 Å². The second-order valence-electron chi connectivity index (χ2n) is 19.2. The zero-order valence-electron chi connectivity index (χ0n) is 44.4. The fourth-order valence-corrected chi connectivity index (χ4v) is 8.09. The average molecular weight is 938 g/mol. The fourth-order valence-electron chi connectivity index (χ4n) is 8.09. The molecule has 0 rings (SSSR count). The first-order chi connectivity index (χ1) is 33.0. The molecule has 0 saturated carbocycles. The van der Waals surface area contributed by atoms with Gasteiger partial charge in [-0.15, -0.1) is 0 Å². The molecule has 0 spiro atoms. The van der Waals surface area contributed by atoms with Crippen molar-refractivity contribution in [2.75, 3.05) is 13.2 Å². The van der Waals surface area contributed by atoms with Crippen LogP contribution >= 0.6 is 0 Å². The van der Waals surface area contributed by atoms with E-state index in [1.807, 2.05) is 0 Å². The van der Waals surface area contributed by atoms with Crippen molar-refractivity contribution in [1.82, 2.24) is 0 Å². The number of carbonyl (C=O) groups is 3. The molecule has 0 aliphatic rings. The Hall–Kier alpha value is -2.89. The van der Waals surface area contributed by atoms with Gasteiger partial charge in [-0.05, 0) is 109 Å². The number of unbranched alkanes of at least 4 members (excludes halogenated alkanes) is 31. The third-order valence-corrected chi connectivity index (χ3v) is 12.5. The van der Waals surface area contributed by atoms with Crippen molar-refractivity contribution in [2.45, 2.75) is 297 Å².